The molecule has 1 aromatic heterocycles. The van der Waals surface area contributed by atoms with E-state index < -0.39 is 0 Å². The van der Waals surface area contributed by atoms with Crippen LogP contribution in [0.15, 0.2) is 51.5 Å². The number of hydrogen-bond acceptors (Lipinski definition) is 5. The standard InChI is InChI=1S/C19H19BrN4O/c1-11-7-8-13(9-12(11)2)16-10-17(23-22-16)19-21-18(24-25-19)14-5-3-4-6-15(14)20/h3-9,16-17,22-23H,10H2,1-2H3. The monoisotopic (exact) mass is 398 g/mol. The van der Waals surface area contributed by atoms with Crippen molar-refractivity contribution in [2.75, 3.05) is 0 Å². The van der Waals surface area contributed by atoms with E-state index in [-0.39, 0.29) is 12.1 Å². The minimum atomic E-state index is -0.00431. The Hall–Kier alpha value is -2.02. The Labute approximate surface area is 154 Å². The van der Waals surface area contributed by atoms with Crippen LogP contribution in [0.25, 0.3) is 11.4 Å². The smallest absolute Gasteiger partial charge is 0.245 e. The highest BCUT2D eigenvalue weighted by atomic mass is 79.9. The Morgan fingerprint density at radius 1 is 1.04 bits per heavy atom. The molecule has 2 unspecified atom stereocenters. The highest BCUT2D eigenvalue weighted by molar-refractivity contribution is 9.10. The van der Waals surface area contributed by atoms with E-state index in [4.69, 9.17) is 4.52 Å². The number of aromatic nitrogens is 2. The molecule has 5 nitrogen and oxygen atoms in total. The van der Waals surface area contributed by atoms with Crippen molar-refractivity contribution >= 4 is 15.9 Å². The van der Waals surface area contributed by atoms with Crippen molar-refractivity contribution in [3.05, 3.63) is 69.5 Å². The van der Waals surface area contributed by atoms with Crippen LogP contribution in [0.5, 0.6) is 0 Å². The van der Waals surface area contributed by atoms with Gasteiger partial charge < -0.3 is 4.52 Å². The van der Waals surface area contributed by atoms with Crippen LogP contribution in [-0.2, 0) is 0 Å². The van der Waals surface area contributed by atoms with E-state index >= 15 is 0 Å². The van der Waals surface area contributed by atoms with E-state index in [1.807, 2.05) is 24.3 Å². The molecule has 2 N–H and O–H groups in total. The average Bonchev–Trinajstić information content (AvgIpc) is 3.27. The fourth-order valence-corrected chi connectivity index (χ4v) is 3.51. The van der Waals surface area contributed by atoms with Gasteiger partial charge in [0.25, 0.3) is 0 Å². The van der Waals surface area contributed by atoms with Gasteiger partial charge in [-0.05, 0) is 49.1 Å². The van der Waals surface area contributed by atoms with Gasteiger partial charge in [-0.15, -0.1) is 0 Å². The zero-order chi connectivity index (χ0) is 17.4. The summed E-state index contributed by atoms with van der Waals surface area (Å²) in [6.07, 6.45) is 0.861. The van der Waals surface area contributed by atoms with E-state index in [0.717, 1.165) is 16.5 Å². The van der Waals surface area contributed by atoms with Gasteiger partial charge in [0.05, 0.1) is 0 Å². The highest BCUT2D eigenvalue weighted by Crippen LogP contribution is 2.32. The van der Waals surface area contributed by atoms with Crippen molar-refractivity contribution in [2.45, 2.75) is 32.4 Å². The number of hydrogen-bond donors (Lipinski definition) is 2. The molecule has 2 atom stereocenters. The minimum Gasteiger partial charge on any atom is -0.337 e. The summed E-state index contributed by atoms with van der Waals surface area (Å²) in [7, 11) is 0. The molecule has 0 saturated carbocycles. The Kier molecular flexibility index (Phi) is 4.41. The van der Waals surface area contributed by atoms with Crippen LogP contribution in [0, 0.1) is 13.8 Å². The van der Waals surface area contributed by atoms with Gasteiger partial charge in [-0.3, -0.25) is 0 Å². The van der Waals surface area contributed by atoms with Crippen LogP contribution in [-0.4, -0.2) is 10.1 Å². The second-order valence-electron chi connectivity index (χ2n) is 6.41. The van der Waals surface area contributed by atoms with Crippen LogP contribution in [0.2, 0.25) is 0 Å². The zero-order valence-corrected chi connectivity index (χ0v) is 15.7. The first-order chi connectivity index (χ1) is 12.1. The maximum Gasteiger partial charge on any atom is 0.245 e. The Balaban J connectivity index is 1.52. The number of benzene rings is 2. The molecule has 0 bridgehead atoms. The first-order valence-electron chi connectivity index (χ1n) is 8.28. The Morgan fingerprint density at radius 3 is 2.64 bits per heavy atom. The number of hydrazine groups is 1. The van der Waals surface area contributed by atoms with E-state index in [2.05, 4.69) is 69.0 Å². The highest BCUT2D eigenvalue weighted by Gasteiger charge is 2.30. The van der Waals surface area contributed by atoms with Gasteiger partial charge >= 0.3 is 0 Å². The van der Waals surface area contributed by atoms with Crippen LogP contribution in [0.1, 0.15) is 41.1 Å². The Morgan fingerprint density at radius 2 is 1.84 bits per heavy atom. The summed E-state index contributed by atoms with van der Waals surface area (Å²) in [6.45, 7) is 4.27. The third kappa shape index (κ3) is 3.25. The molecule has 25 heavy (non-hydrogen) atoms. The number of rotatable bonds is 3. The predicted octanol–water partition coefficient (Wildman–Crippen LogP) is 4.40. The fraction of sp³-hybridized carbons (Fsp3) is 0.263. The summed E-state index contributed by atoms with van der Waals surface area (Å²) in [5, 5.41) is 4.13. The summed E-state index contributed by atoms with van der Waals surface area (Å²) < 4.78 is 6.45. The third-order valence-corrected chi connectivity index (χ3v) is 5.38. The first-order valence-corrected chi connectivity index (χ1v) is 9.08. The second kappa shape index (κ2) is 6.71. The molecule has 0 radical (unpaired) electrons. The molecule has 6 heteroatoms. The van der Waals surface area contributed by atoms with Gasteiger partial charge in [0, 0.05) is 16.1 Å². The molecule has 3 aromatic rings. The molecule has 128 valence electrons. The van der Waals surface area contributed by atoms with Crippen LogP contribution < -0.4 is 10.9 Å². The molecular weight excluding hydrogens is 380 g/mol. The van der Waals surface area contributed by atoms with Crippen molar-refractivity contribution in [3.8, 4) is 11.4 Å². The lowest BCUT2D eigenvalue weighted by molar-refractivity contribution is 0.340. The lowest BCUT2D eigenvalue weighted by Gasteiger charge is -2.11. The van der Waals surface area contributed by atoms with E-state index in [9.17, 15) is 0 Å². The number of nitrogens with one attached hydrogen (secondary N) is 2. The molecule has 1 saturated heterocycles. The third-order valence-electron chi connectivity index (χ3n) is 4.69. The minimum absolute atomic E-state index is 0.00431. The van der Waals surface area contributed by atoms with Gasteiger partial charge in [0.15, 0.2) is 0 Å². The van der Waals surface area contributed by atoms with E-state index in [1.165, 1.54) is 16.7 Å². The lowest BCUT2D eigenvalue weighted by atomic mass is 9.98. The SMILES string of the molecule is Cc1ccc(C2CC(c3nc(-c4ccccc4Br)no3)NN2)cc1C. The van der Waals surface area contributed by atoms with Crippen molar-refractivity contribution in [3.63, 3.8) is 0 Å². The molecule has 0 amide bonds. The summed E-state index contributed by atoms with van der Waals surface area (Å²) in [4.78, 5) is 4.57. The molecule has 4 rings (SSSR count). The van der Waals surface area contributed by atoms with Gasteiger partial charge in [0.2, 0.25) is 11.7 Å². The van der Waals surface area contributed by atoms with E-state index in [0.29, 0.717) is 11.7 Å². The first kappa shape index (κ1) is 16.4. The molecule has 1 aliphatic rings. The van der Waals surface area contributed by atoms with E-state index in [1.54, 1.807) is 0 Å². The average molecular weight is 399 g/mol. The van der Waals surface area contributed by atoms with Crippen LogP contribution in [0.3, 0.4) is 0 Å². The molecule has 2 heterocycles. The maximum atomic E-state index is 5.50. The summed E-state index contributed by atoms with van der Waals surface area (Å²) >= 11 is 3.53. The van der Waals surface area contributed by atoms with Crippen molar-refractivity contribution in [2.24, 2.45) is 0 Å². The molecule has 1 fully saturated rings. The molecular formula is C19H19BrN4O. The Bertz CT molecular complexity index is 908. The van der Waals surface area contributed by atoms with Crippen LogP contribution >= 0.6 is 15.9 Å². The van der Waals surface area contributed by atoms with Crippen molar-refractivity contribution < 1.29 is 4.52 Å². The summed E-state index contributed by atoms with van der Waals surface area (Å²) in [6, 6.07) is 14.7. The normalized spacial score (nSPS) is 20.1. The van der Waals surface area contributed by atoms with Gasteiger partial charge in [-0.1, -0.05) is 51.4 Å². The number of halogens is 1. The summed E-state index contributed by atoms with van der Waals surface area (Å²) in [5.41, 5.74) is 11.4. The molecule has 0 spiro atoms. The molecule has 0 aliphatic carbocycles. The quantitative estimate of drug-likeness (QED) is 0.684. The molecule has 1 aliphatic heterocycles. The van der Waals surface area contributed by atoms with Crippen LogP contribution in [0.4, 0.5) is 0 Å². The number of aryl methyl sites for hydroxylation is 2. The molecule has 2 aromatic carbocycles. The second-order valence-corrected chi connectivity index (χ2v) is 7.26. The van der Waals surface area contributed by atoms with Crippen molar-refractivity contribution in [1.82, 2.24) is 21.0 Å². The van der Waals surface area contributed by atoms with Gasteiger partial charge in [-0.25, -0.2) is 10.9 Å². The predicted molar refractivity (Wildman–Crippen MR) is 99.7 cm³/mol. The topological polar surface area (TPSA) is 63.0 Å². The fourth-order valence-electron chi connectivity index (χ4n) is 3.05. The van der Waals surface area contributed by atoms with Gasteiger partial charge in [-0.2, -0.15) is 4.98 Å². The zero-order valence-electron chi connectivity index (χ0n) is 14.1. The van der Waals surface area contributed by atoms with Crippen molar-refractivity contribution in [1.29, 1.82) is 0 Å². The maximum absolute atomic E-state index is 5.50. The lowest BCUT2D eigenvalue weighted by Crippen LogP contribution is -2.26. The van der Waals surface area contributed by atoms with Gasteiger partial charge in [0.1, 0.15) is 6.04 Å². The number of nitrogens with zero attached hydrogens (tertiary/aromatic N) is 2. The largest absolute Gasteiger partial charge is 0.337 e. The summed E-state index contributed by atoms with van der Waals surface area (Å²) in [5.74, 6) is 1.20.